The van der Waals surface area contributed by atoms with Crippen molar-refractivity contribution in [2.75, 3.05) is 16.9 Å². The topological polar surface area (TPSA) is 87.5 Å². The lowest BCUT2D eigenvalue weighted by Crippen LogP contribution is -2.31. The van der Waals surface area contributed by atoms with Crippen LogP contribution in [0.4, 0.5) is 30.2 Å². The quantitative estimate of drug-likeness (QED) is 0.420. The van der Waals surface area contributed by atoms with Crippen molar-refractivity contribution in [3.8, 4) is 0 Å². The Labute approximate surface area is 187 Å². The van der Waals surface area contributed by atoms with E-state index in [0.717, 1.165) is 31.3 Å². The predicted octanol–water partition coefficient (Wildman–Crippen LogP) is 4.93. The Morgan fingerprint density at radius 3 is 2.36 bits per heavy atom. The standard InChI is InChI=1S/C23H19F3N4O3/c24-23(25,26)18-7-10-20(21(13-18)30(32)33)27-28-22(31)16-5-8-19(9-6-16)29-12-11-15-3-1-2-4-17(15)14-29/h1-10,13,27H,11-12,14H2,(H,28,31). The molecule has 0 aromatic heterocycles. The molecule has 0 atom stereocenters. The number of nitrogens with zero attached hydrogens (tertiary/aromatic N) is 2. The summed E-state index contributed by atoms with van der Waals surface area (Å²) in [6.07, 6.45) is -3.79. The summed E-state index contributed by atoms with van der Waals surface area (Å²) in [6.45, 7) is 1.61. The van der Waals surface area contributed by atoms with Crippen LogP contribution in [-0.4, -0.2) is 17.4 Å². The monoisotopic (exact) mass is 456 g/mol. The normalized spacial score (nSPS) is 13.2. The molecular weight excluding hydrogens is 437 g/mol. The third-order valence-corrected chi connectivity index (χ3v) is 5.46. The van der Waals surface area contributed by atoms with Gasteiger partial charge in [-0.1, -0.05) is 24.3 Å². The van der Waals surface area contributed by atoms with Crippen LogP contribution in [0.15, 0.2) is 66.7 Å². The number of amides is 1. The third kappa shape index (κ3) is 4.89. The molecular formula is C23H19F3N4O3. The minimum atomic E-state index is -4.72. The van der Waals surface area contributed by atoms with Crippen LogP contribution in [0.2, 0.25) is 0 Å². The van der Waals surface area contributed by atoms with Crippen LogP contribution < -0.4 is 15.8 Å². The van der Waals surface area contributed by atoms with E-state index in [-0.39, 0.29) is 5.69 Å². The molecule has 4 rings (SSSR count). The molecule has 2 N–H and O–H groups in total. The lowest BCUT2D eigenvalue weighted by atomic mass is 9.99. The summed E-state index contributed by atoms with van der Waals surface area (Å²) in [7, 11) is 0. The fourth-order valence-corrected chi connectivity index (χ4v) is 3.70. The lowest BCUT2D eigenvalue weighted by Gasteiger charge is -2.30. The van der Waals surface area contributed by atoms with Gasteiger partial charge < -0.3 is 4.90 Å². The molecule has 0 saturated heterocycles. The number of hydrazine groups is 1. The van der Waals surface area contributed by atoms with E-state index in [4.69, 9.17) is 0 Å². The molecule has 1 heterocycles. The maximum absolute atomic E-state index is 12.8. The maximum atomic E-state index is 12.8. The number of halogens is 3. The van der Waals surface area contributed by atoms with Gasteiger partial charge in [-0.3, -0.25) is 25.8 Å². The average molecular weight is 456 g/mol. The Morgan fingerprint density at radius 2 is 1.70 bits per heavy atom. The molecule has 1 amide bonds. The molecule has 1 aliphatic rings. The van der Waals surface area contributed by atoms with Crippen molar-refractivity contribution in [1.29, 1.82) is 0 Å². The highest BCUT2D eigenvalue weighted by Gasteiger charge is 2.33. The van der Waals surface area contributed by atoms with E-state index in [1.807, 2.05) is 24.3 Å². The van der Waals surface area contributed by atoms with Gasteiger partial charge in [-0.2, -0.15) is 13.2 Å². The first-order valence-electron chi connectivity index (χ1n) is 10.1. The number of benzene rings is 3. The van der Waals surface area contributed by atoms with Gasteiger partial charge in [0.25, 0.3) is 11.6 Å². The highest BCUT2D eigenvalue weighted by atomic mass is 19.4. The Morgan fingerprint density at radius 1 is 1.00 bits per heavy atom. The summed E-state index contributed by atoms with van der Waals surface area (Å²) in [5.41, 5.74) is 6.25. The van der Waals surface area contributed by atoms with Gasteiger partial charge in [-0.25, -0.2) is 0 Å². The molecule has 0 bridgehead atoms. The number of carbonyl (C=O) groups is 1. The van der Waals surface area contributed by atoms with E-state index in [9.17, 15) is 28.1 Å². The minimum absolute atomic E-state index is 0.259. The number of nitro benzene ring substituents is 1. The molecule has 170 valence electrons. The van der Waals surface area contributed by atoms with Crippen molar-refractivity contribution in [1.82, 2.24) is 5.43 Å². The van der Waals surface area contributed by atoms with E-state index in [2.05, 4.69) is 27.9 Å². The molecule has 0 spiro atoms. The number of alkyl halides is 3. The second kappa shape index (κ2) is 8.81. The van der Waals surface area contributed by atoms with Gasteiger partial charge in [0.05, 0.1) is 10.5 Å². The SMILES string of the molecule is O=C(NNc1ccc(C(F)(F)F)cc1[N+](=O)[O-])c1ccc(N2CCc3ccccc3C2)cc1. The van der Waals surface area contributed by atoms with Crippen LogP contribution in [-0.2, 0) is 19.1 Å². The zero-order valence-electron chi connectivity index (χ0n) is 17.2. The number of carbonyl (C=O) groups excluding carboxylic acids is 1. The molecule has 0 saturated carbocycles. The maximum Gasteiger partial charge on any atom is 0.416 e. The zero-order chi connectivity index (χ0) is 23.6. The second-order valence-corrected chi connectivity index (χ2v) is 7.55. The van der Waals surface area contributed by atoms with E-state index in [1.165, 1.54) is 11.1 Å². The van der Waals surface area contributed by atoms with Crippen LogP contribution in [0, 0.1) is 10.1 Å². The molecule has 1 aliphatic heterocycles. The van der Waals surface area contributed by atoms with Crippen LogP contribution in [0.5, 0.6) is 0 Å². The van der Waals surface area contributed by atoms with Gasteiger partial charge >= 0.3 is 6.18 Å². The van der Waals surface area contributed by atoms with Gasteiger partial charge in [-0.15, -0.1) is 0 Å². The number of fused-ring (bicyclic) bond motifs is 1. The Bertz CT molecular complexity index is 1200. The smallest absolute Gasteiger partial charge is 0.367 e. The Kier molecular flexibility index (Phi) is 5.91. The molecule has 0 aliphatic carbocycles. The van der Waals surface area contributed by atoms with E-state index >= 15 is 0 Å². The van der Waals surface area contributed by atoms with Crippen LogP contribution >= 0.6 is 0 Å². The first-order chi connectivity index (χ1) is 15.7. The van der Waals surface area contributed by atoms with Crippen molar-refractivity contribution in [3.05, 3.63) is 99.1 Å². The molecule has 0 unspecified atom stereocenters. The molecule has 3 aromatic carbocycles. The van der Waals surface area contributed by atoms with Crippen molar-refractivity contribution in [3.63, 3.8) is 0 Å². The van der Waals surface area contributed by atoms with Gasteiger partial charge in [0.1, 0.15) is 5.69 Å². The van der Waals surface area contributed by atoms with Crippen LogP contribution in [0.3, 0.4) is 0 Å². The minimum Gasteiger partial charge on any atom is -0.367 e. The summed E-state index contributed by atoms with van der Waals surface area (Å²) in [5.74, 6) is -0.584. The van der Waals surface area contributed by atoms with Crippen LogP contribution in [0.1, 0.15) is 27.0 Å². The molecule has 0 radical (unpaired) electrons. The van der Waals surface area contributed by atoms with E-state index in [0.29, 0.717) is 17.7 Å². The van der Waals surface area contributed by atoms with Crippen molar-refractivity contribution in [2.24, 2.45) is 0 Å². The van der Waals surface area contributed by atoms with Crippen molar-refractivity contribution >= 4 is 23.0 Å². The number of anilines is 2. The Balaban J connectivity index is 1.42. The molecule has 3 aromatic rings. The highest BCUT2D eigenvalue weighted by Crippen LogP contribution is 2.34. The molecule has 33 heavy (non-hydrogen) atoms. The van der Waals surface area contributed by atoms with Crippen molar-refractivity contribution in [2.45, 2.75) is 19.1 Å². The lowest BCUT2D eigenvalue weighted by molar-refractivity contribution is -0.384. The summed E-state index contributed by atoms with van der Waals surface area (Å²) in [6, 6.07) is 17.1. The van der Waals surface area contributed by atoms with Crippen LogP contribution in [0.25, 0.3) is 0 Å². The zero-order valence-corrected chi connectivity index (χ0v) is 17.2. The van der Waals surface area contributed by atoms with Gasteiger partial charge in [0.15, 0.2) is 0 Å². The fourth-order valence-electron chi connectivity index (χ4n) is 3.70. The molecule has 0 fully saturated rings. The van der Waals surface area contributed by atoms with E-state index in [1.54, 1.807) is 12.1 Å². The first kappa shape index (κ1) is 22.1. The second-order valence-electron chi connectivity index (χ2n) is 7.55. The van der Waals surface area contributed by atoms with Gasteiger partial charge in [0.2, 0.25) is 0 Å². The summed E-state index contributed by atoms with van der Waals surface area (Å²) in [5, 5.41) is 11.2. The molecule has 10 heteroatoms. The first-order valence-corrected chi connectivity index (χ1v) is 10.1. The van der Waals surface area contributed by atoms with Gasteiger partial charge in [0, 0.05) is 30.4 Å². The average Bonchev–Trinajstić information content (AvgIpc) is 2.81. The number of rotatable bonds is 5. The predicted molar refractivity (Wildman–Crippen MR) is 117 cm³/mol. The number of hydrogen-bond donors (Lipinski definition) is 2. The summed E-state index contributed by atoms with van der Waals surface area (Å²) >= 11 is 0. The number of hydrogen-bond acceptors (Lipinski definition) is 5. The summed E-state index contributed by atoms with van der Waals surface area (Å²) in [4.78, 5) is 24.9. The molecule has 7 nitrogen and oxygen atoms in total. The largest absolute Gasteiger partial charge is 0.416 e. The Hall–Kier alpha value is -4.08. The van der Waals surface area contributed by atoms with Crippen molar-refractivity contribution < 1.29 is 22.9 Å². The number of nitro groups is 1. The highest BCUT2D eigenvalue weighted by molar-refractivity contribution is 5.95. The summed E-state index contributed by atoms with van der Waals surface area (Å²) < 4.78 is 38.5. The number of nitrogens with one attached hydrogen (secondary N) is 2. The van der Waals surface area contributed by atoms with E-state index < -0.39 is 28.3 Å². The van der Waals surface area contributed by atoms with Gasteiger partial charge in [-0.05, 0) is 53.9 Å². The third-order valence-electron chi connectivity index (χ3n) is 5.46. The fraction of sp³-hybridized carbons (Fsp3) is 0.174.